The molecule has 1 fully saturated rings. The number of thiazole rings is 1. The van der Waals surface area contributed by atoms with Gasteiger partial charge in [-0.05, 0) is 57.7 Å². The Morgan fingerprint density at radius 3 is 2.52 bits per heavy atom. The smallest absolute Gasteiger partial charge is 0.166 e. The summed E-state index contributed by atoms with van der Waals surface area (Å²) in [4.78, 5) is 4.80. The fourth-order valence-electron chi connectivity index (χ4n) is 3.05. The number of rotatable bonds is 3. The molecule has 2 nitrogen and oxygen atoms in total. The number of hydrogen-bond acceptors (Lipinski definition) is 4. The Kier molecular flexibility index (Phi) is 4.57. The summed E-state index contributed by atoms with van der Waals surface area (Å²) in [5, 5.41) is 0. The number of benzene rings is 1. The number of hydrogen-bond donors (Lipinski definition) is 0. The maximum atomic E-state index is 4.80. The van der Waals surface area contributed by atoms with E-state index in [4.69, 9.17) is 4.98 Å². The number of fused-ring (bicyclic) bond motifs is 1. The first-order valence-electron chi connectivity index (χ1n) is 7.87. The van der Waals surface area contributed by atoms with E-state index in [1.807, 2.05) is 23.3 Å². The van der Waals surface area contributed by atoms with Crippen LogP contribution in [-0.2, 0) is 0 Å². The van der Waals surface area contributed by atoms with E-state index < -0.39 is 0 Å². The highest BCUT2D eigenvalue weighted by Gasteiger charge is 2.31. The first-order valence-corrected chi connectivity index (χ1v) is 9.46. The van der Waals surface area contributed by atoms with Crippen LogP contribution in [0.2, 0.25) is 0 Å². The molecular weight excluding hydrogens is 296 g/mol. The molecule has 1 saturated carbocycles. The lowest BCUT2D eigenvalue weighted by Crippen LogP contribution is -2.44. The van der Waals surface area contributed by atoms with Crippen LogP contribution in [0.25, 0.3) is 10.2 Å². The van der Waals surface area contributed by atoms with Crippen molar-refractivity contribution in [3.63, 3.8) is 0 Å². The average molecular weight is 321 g/mol. The van der Waals surface area contributed by atoms with Crippen molar-refractivity contribution in [1.29, 1.82) is 0 Å². The second-order valence-corrected chi connectivity index (χ2v) is 9.08. The van der Waals surface area contributed by atoms with E-state index >= 15 is 0 Å². The third-order valence-corrected chi connectivity index (χ3v) is 6.61. The van der Waals surface area contributed by atoms with Crippen LogP contribution in [-0.4, -0.2) is 20.9 Å². The summed E-state index contributed by atoms with van der Waals surface area (Å²) in [6.07, 6.45) is 6.81. The van der Waals surface area contributed by atoms with Gasteiger partial charge < -0.3 is 0 Å². The molecular formula is C17H24N2S2. The Labute approximate surface area is 136 Å². The summed E-state index contributed by atoms with van der Waals surface area (Å²) in [5.41, 5.74) is 1.30. The minimum atomic E-state index is 0.171. The van der Waals surface area contributed by atoms with Gasteiger partial charge in [-0.25, -0.2) is 9.29 Å². The molecule has 21 heavy (non-hydrogen) atoms. The SMILES string of the molecule is CC(C)(C)N(Sc1nc2ccccc2s1)C1CCCCC1. The molecule has 1 aliphatic rings. The molecule has 1 aromatic carbocycles. The molecule has 114 valence electrons. The first kappa shape index (κ1) is 15.3. The van der Waals surface area contributed by atoms with E-state index in [1.54, 1.807) is 0 Å². The van der Waals surface area contributed by atoms with Gasteiger partial charge in [-0.1, -0.05) is 31.4 Å². The predicted octanol–water partition coefficient (Wildman–Crippen LogP) is 5.74. The molecule has 0 atom stereocenters. The van der Waals surface area contributed by atoms with E-state index in [1.165, 1.54) is 41.1 Å². The van der Waals surface area contributed by atoms with Gasteiger partial charge in [0.15, 0.2) is 4.34 Å². The van der Waals surface area contributed by atoms with Crippen molar-refractivity contribution in [3.8, 4) is 0 Å². The lowest BCUT2D eigenvalue weighted by atomic mass is 9.93. The topological polar surface area (TPSA) is 16.1 Å². The van der Waals surface area contributed by atoms with Crippen LogP contribution in [0.15, 0.2) is 28.6 Å². The van der Waals surface area contributed by atoms with Crippen LogP contribution in [0.1, 0.15) is 52.9 Å². The van der Waals surface area contributed by atoms with Gasteiger partial charge in [0.25, 0.3) is 0 Å². The molecule has 1 aromatic heterocycles. The van der Waals surface area contributed by atoms with Crippen LogP contribution >= 0.6 is 23.3 Å². The fourth-order valence-corrected chi connectivity index (χ4v) is 5.35. The van der Waals surface area contributed by atoms with Gasteiger partial charge in [0, 0.05) is 11.6 Å². The van der Waals surface area contributed by atoms with Crippen LogP contribution < -0.4 is 0 Å². The highest BCUT2D eigenvalue weighted by molar-refractivity contribution is 7.99. The second-order valence-electron chi connectivity index (χ2n) is 6.83. The molecule has 3 rings (SSSR count). The average Bonchev–Trinajstić information content (AvgIpc) is 2.87. The molecule has 0 amide bonds. The molecule has 0 saturated heterocycles. The zero-order valence-electron chi connectivity index (χ0n) is 13.1. The largest absolute Gasteiger partial charge is 0.236 e. The van der Waals surface area contributed by atoms with Gasteiger partial charge in [-0.15, -0.1) is 11.3 Å². The van der Waals surface area contributed by atoms with Crippen LogP contribution in [0.5, 0.6) is 0 Å². The van der Waals surface area contributed by atoms with Gasteiger partial charge in [0.2, 0.25) is 0 Å². The molecule has 1 heterocycles. The monoisotopic (exact) mass is 320 g/mol. The zero-order valence-corrected chi connectivity index (χ0v) is 14.8. The Morgan fingerprint density at radius 2 is 1.86 bits per heavy atom. The normalized spacial score (nSPS) is 17.7. The number of para-hydroxylation sites is 1. The maximum absolute atomic E-state index is 4.80. The van der Waals surface area contributed by atoms with Crippen LogP contribution in [0.3, 0.4) is 0 Å². The summed E-state index contributed by atoms with van der Waals surface area (Å²) in [6.45, 7) is 6.96. The van der Waals surface area contributed by atoms with Crippen molar-refractivity contribution in [2.45, 2.75) is 68.8 Å². The number of nitrogens with zero attached hydrogens (tertiary/aromatic N) is 2. The Bertz CT molecular complexity index is 561. The van der Waals surface area contributed by atoms with Crippen LogP contribution in [0.4, 0.5) is 0 Å². The molecule has 0 aliphatic heterocycles. The highest BCUT2D eigenvalue weighted by atomic mass is 32.2. The summed E-state index contributed by atoms with van der Waals surface area (Å²) >= 11 is 3.68. The third kappa shape index (κ3) is 3.61. The van der Waals surface area contributed by atoms with E-state index in [9.17, 15) is 0 Å². The number of aromatic nitrogens is 1. The zero-order chi connectivity index (χ0) is 14.9. The second kappa shape index (κ2) is 6.27. The summed E-state index contributed by atoms with van der Waals surface area (Å²) in [6, 6.07) is 9.13. The molecule has 4 heteroatoms. The lowest BCUT2D eigenvalue weighted by Gasteiger charge is -2.41. The lowest BCUT2D eigenvalue weighted by molar-refractivity contribution is 0.172. The Morgan fingerprint density at radius 1 is 1.14 bits per heavy atom. The van der Waals surface area contributed by atoms with E-state index in [2.05, 4.69) is 49.3 Å². The van der Waals surface area contributed by atoms with E-state index in [0.29, 0.717) is 6.04 Å². The minimum absolute atomic E-state index is 0.171. The van der Waals surface area contributed by atoms with Gasteiger partial charge in [-0.2, -0.15) is 0 Å². The fraction of sp³-hybridized carbons (Fsp3) is 0.588. The summed E-state index contributed by atoms with van der Waals surface area (Å²) < 4.78 is 5.07. The van der Waals surface area contributed by atoms with Crippen molar-refractivity contribution in [2.75, 3.05) is 0 Å². The quantitative estimate of drug-likeness (QED) is 0.671. The molecule has 0 spiro atoms. The molecule has 0 bridgehead atoms. The van der Waals surface area contributed by atoms with Gasteiger partial charge in [0.05, 0.1) is 10.2 Å². The Balaban J connectivity index is 1.83. The molecule has 2 aromatic rings. The standard InChI is InChI=1S/C17H24N2S2/c1-17(2,3)19(13-9-5-4-6-10-13)21-16-18-14-11-7-8-12-15(14)20-16/h7-8,11-13H,4-6,9-10H2,1-3H3. The molecule has 0 unspecified atom stereocenters. The predicted molar refractivity (Wildman–Crippen MR) is 93.9 cm³/mol. The molecule has 0 radical (unpaired) electrons. The highest BCUT2D eigenvalue weighted by Crippen LogP contribution is 2.39. The van der Waals surface area contributed by atoms with Gasteiger partial charge in [-0.3, -0.25) is 0 Å². The van der Waals surface area contributed by atoms with Crippen molar-refractivity contribution >= 4 is 33.5 Å². The summed E-state index contributed by atoms with van der Waals surface area (Å²) in [7, 11) is 0. The van der Waals surface area contributed by atoms with Crippen LogP contribution in [0, 0.1) is 0 Å². The van der Waals surface area contributed by atoms with E-state index in [0.717, 1.165) is 5.52 Å². The molecule has 0 N–H and O–H groups in total. The van der Waals surface area contributed by atoms with Crippen molar-refractivity contribution in [2.24, 2.45) is 0 Å². The van der Waals surface area contributed by atoms with Gasteiger partial charge >= 0.3 is 0 Å². The summed E-state index contributed by atoms with van der Waals surface area (Å²) in [5.74, 6) is 0. The molecule has 1 aliphatic carbocycles. The minimum Gasteiger partial charge on any atom is -0.236 e. The first-order chi connectivity index (χ1) is 10.0. The van der Waals surface area contributed by atoms with Gasteiger partial charge in [0.1, 0.15) is 0 Å². The van der Waals surface area contributed by atoms with Crippen molar-refractivity contribution < 1.29 is 0 Å². The van der Waals surface area contributed by atoms with Crippen molar-refractivity contribution in [1.82, 2.24) is 9.29 Å². The van der Waals surface area contributed by atoms with E-state index in [-0.39, 0.29) is 5.54 Å². The Hall–Kier alpha value is -0.580. The van der Waals surface area contributed by atoms with Crippen molar-refractivity contribution in [3.05, 3.63) is 24.3 Å². The third-order valence-electron chi connectivity index (χ3n) is 4.02. The maximum Gasteiger partial charge on any atom is 0.166 e.